The summed E-state index contributed by atoms with van der Waals surface area (Å²) in [5, 5.41) is 8.73. The summed E-state index contributed by atoms with van der Waals surface area (Å²) in [6, 6.07) is 5.62. The molecular weight excluding hydrogens is 258 g/mol. The molecule has 1 fully saturated rings. The van der Waals surface area contributed by atoms with E-state index < -0.39 is 0 Å². The van der Waals surface area contributed by atoms with Gasteiger partial charge in [0.15, 0.2) is 0 Å². The number of carbonyl (C=O) groups is 1. The predicted molar refractivity (Wildman–Crippen MR) is 78.4 cm³/mol. The van der Waals surface area contributed by atoms with Gasteiger partial charge in [-0.3, -0.25) is 4.79 Å². The third kappa shape index (κ3) is 3.76. The second-order valence-corrected chi connectivity index (χ2v) is 5.68. The Balaban J connectivity index is 2.23. The first-order chi connectivity index (χ1) is 9.20. The maximum atomic E-state index is 12.4. The van der Waals surface area contributed by atoms with Crippen molar-refractivity contribution in [2.24, 2.45) is 0 Å². The minimum atomic E-state index is -0.166. The van der Waals surface area contributed by atoms with Crippen molar-refractivity contribution in [2.75, 3.05) is 31.2 Å². The summed E-state index contributed by atoms with van der Waals surface area (Å²) in [5.41, 5.74) is 2.48. The van der Waals surface area contributed by atoms with Crippen molar-refractivity contribution in [2.45, 2.75) is 6.92 Å². The molecule has 0 atom stereocenters. The number of aryl methyl sites for hydroxylation is 1. The second-order valence-electron chi connectivity index (χ2n) is 4.45. The number of benzene rings is 1. The zero-order chi connectivity index (χ0) is 13.7. The Hall–Kier alpha value is -1.44. The molecule has 1 saturated heterocycles. The average Bonchev–Trinajstić information content (AvgIpc) is 2.44. The Bertz CT molecular complexity index is 525. The molecule has 4 heteroatoms. The molecule has 100 valence electrons. The largest absolute Gasteiger partial charge is 0.384 e. The van der Waals surface area contributed by atoms with E-state index in [0.29, 0.717) is 5.56 Å². The zero-order valence-corrected chi connectivity index (χ0v) is 11.8. The molecule has 2 rings (SSSR count). The molecule has 3 nitrogen and oxygen atoms in total. The third-order valence-electron chi connectivity index (χ3n) is 2.93. The highest BCUT2D eigenvalue weighted by Gasteiger charge is 2.18. The van der Waals surface area contributed by atoms with Crippen LogP contribution in [0.2, 0.25) is 0 Å². The number of aliphatic hydroxyl groups is 1. The fourth-order valence-electron chi connectivity index (χ4n) is 2.07. The summed E-state index contributed by atoms with van der Waals surface area (Å²) < 4.78 is 0. The minimum absolute atomic E-state index is 0.0797. The molecule has 0 radical (unpaired) electrons. The van der Waals surface area contributed by atoms with Crippen LogP contribution in [-0.4, -0.2) is 47.1 Å². The van der Waals surface area contributed by atoms with Gasteiger partial charge in [-0.05, 0) is 30.7 Å². The molecule has 0 saturated carbocycles. The summed E-state index contributed by atoms with van der Waals surface area (Å²) in [4.78, 5) is 14.3. The number of carbonyl (C=O) groups excluding carboxylic acids is 1. The van der Waals surface area contributed by atoms with Crippen LogP contribution in [0.5, 0.6) is 0 Å². The van der Waals surface area contributed by atoms with E-state index in [2.05, 4.69) is 11.8 Å². The van der Waals surface area contributed by atoms with E-state index in [4.69, 9.17) is 5.11 Å². The van der Waals surface area contributed by atoms with Crippen molar-refractivity contribution >= 4 is 17.7 Å². The van der Waals surface area contributed by atoms with Crippen LogP contribution in [0.4, 0.5) is 0 Å². The lowest BCUT2D eigenvalue weighted by molar-refractivity contribution is 0.0772. The van der Waals surface area contributed by atoms with Crippen molar-refractivity contribution in [3.63, 3.8) is 0 Å². The Labute approximate surface area is 118 Å². The summed E-state index contributed by atoms with van der Waals surface area (Å²) in [5.74, 6) is 7.57. The van der Waals surface area contributed by atoms with Crippen molar-refractivity contribution in [1.82, 2.24) is 4.90 Å². The number of hydrogen-bond donors (Lipinski definition) is 1. The van der Waals surface area contributed by atoms with Gasteiger partial charge in [0.1, 0.15) is 6.61 Å². The number of amides is 1. The van der Waals surface area contributed by atoms with Crippen LogP contribution in [0, 0.1) is 18.8 Å². The van der Waals surface area contributed by atoms with Gasteiger partial charge in [0.2, 0.25) is 0 Å². The van der Waals surface area contributed by atoms with Crippen LogP contribution in [0.1, 0.15) is 21.5 Å². The van der Waals surface area contributed by atoms with Crippen molar-refractivity contribution in [1.29, 1.82) is 0 Å². The van der Waals surface area contributed by atoms with Crippen LogP contribution in [-0.2, 0) is 0 Å². The molecule has 0 aromatic heterocycles. The number of hydrogen-bond acceptors (Lipinski definition) is 3. The summed E-state index contributed by atoms with van der Waals surface area (Å²) >= 11 is 1.88. The normalized spacial score (nSPS) is 14.7. The van der Waals surface area contributed by atoms with Crippen LogP contribution in [0.25, 0.3) is 0 Å². The molecular formula is C15H17NO2S. The highest BCUT2D eigenvalue weighted by molar-refractivity contribution is 7.99. The Kier molecular flexibility index (Phi) is 4.89. The van der Waals surface area contributed by atoms with Crippen molar-refractivity contribution in [3.05, 3.63) is 34.9 Å². The van der Waals surface area contributed by atoms with E-state index in [1.807, 2.05) is 35.7 Å². The Morgan fingerprint density at radius 2 is 2.11 bits per heavy atom. The van der Waals surface area contributed by atoms with Gasteiger partial charge < -0.3 is 10.0 Å². The van der Waals surface area contributed by atoms with Crippen LogP contribution < -0.4 is 0 Å². The van der Waals surface area contributed by atoms with Gasteiger partial charge >= 0.3 is 0 Å². The van der Waals surface area contributed by atoms with Crippen LogP contribution in [0.15, 0.2) is 18.2 Å². The number of thioether (sulfide) groups is 1. The second kappa shape index (κ2) is 6.65. The lowest BCUT2D eigenvalue weighted by Gasteiger charge is -2.26. The molecule has 1 aliphatic rings. The predicted octanol–water partition coefficient (Wildman–Crippen LogP) is 1.53. The quantitative estimate of drug-likeness (QED) is 0.790. The highest BCUT2D eigenvalue weighted by atomic mass is 32.2. The van der Waals surface area contributed by atoms with Gasteiger partial charge in [0.05, 0.1) is 0 Å². The fourth-order valence-corrected chi connectivity index (χ4v) is 2.97. The van der Waals surface area contributed by atoms with Gasteiger partial charge in [0, 0.05) is 35.7 Å². The van der Waals surface area contributed by atoms with Crippen LogP contribution >= 0.6 is 11.8 Å². The molecule has 19 heavy (non-hydrogen) atoms. The smallest absolute Gasteiger partial charge is 0.253 e. The number of rotatable bonds is 1. The molecule has 0 spiro atoms. The maximum absolute atomic E-state index is 12.4. The minimum Gasteiger partial charge on any atom is -0.384 e. The molecule has 0 bridgehead atoms. The lowest BCUT2D eigenvalue weighted by atomic mass is 10.1. The van der Waals surface area contributed by atoms with Gasteiger partial charge in [-0.25, -0.2) is 0 Å². The lowest BCUT2D eigenvalue weighted by Crippen LogP contribution is -2.37. The topological polar surface area (TPSA) is 40.5 Å². The summed E-state index contributed by atoms with van der Waals surface area (Å²) in [7, 11) is 0. The van der Waals surface area contributed by atoms with E-state index in [0.717, 1.165) is 35.7 Å². The standard InChI is InChI=1S/C15H17NO2S/c1-12-9-13(3-2-6-17)11-14(10-12)15(18)16-4-7-19-8-5-16/h9-11,17H,4-8H2,1H3. The fraction of sp³-hybridized carbons (Fsp3) is 0.400. The average molecular weight is 275 g/mol. The van der Waals surface area contributed by atoms with E-state index >= 15 is 0 Å². The van der Waals surface area contributed by atoms with Crippen molar-refractivity contribution < 1.29 is 9.90 Å². The van der Waals surface area contributed by atoms with E-state index in [9.17, 15) is 4.79 Å². The zero-order valence-electron chi connectivity index (χ0n) is 11.0. The monoisotopic (exact) mass is 275 g/mol. The Morgan fingerprint density at radius 1 is 1.37 bits per heavy atom. The molecule has 1 aromatic rings. The molecule has 0 aliphatic carbocycles. The molecule has 1 heterocycles. The molecule has 0 unspecified atom stereocenters. The summed E-state index contributed by atoms with van der Waals surface area (Å²) in [6.45, 7) is 3.41. The third-order valence-corrected chi connectivity index (χ3v) is 3.88. The van der Waals surface area contributed by atoms with Gasteiger partial charge in [-0.1, -0.05) is 11.8 Å². The molecule has 1 amide bonds. The van der Waals surface area contributed by atoms with Gasteiger partial charge in [0.25, 0.3) is 5.91 Å². The first kappa shape index (κ1) is 14.0. The summed E-state index contributed by atoms with van der Waals surface area (Å²) in [6.07, 6.45) is 0. The molecule has 1 aliphatic heterocycles. The molecule has 1 N–H and O–H groups in total. The van der Waals surface area contributed by atoms with E-state index in [1.54, 1.807) is 6.07 Å². The maximum Gasteiger partial charge on any atom is 0.253 e. The van der Waals surface area contributed by atoms with Crippen LogP contribution in [0.3, 0.4) is 0 Å². The SMILES string of the molecule is Cc1cc(C#CCO)cc(C(=O)N2CCSCC2)c1. The first-order valence-electron chi connectivity index (χ1n) is 6.29. The van der Waals surface area contributed by atoms with E-state index in [1.165, 1.54) is 0 Å². The molecule has 1 aromatic carbocycles. The number of aliphatic hydroxyl groups excluding tert-OH is 1. The first-order valence-corrected chi connectivity index (χ1v) is 7.44. The van der Waals surface area contributed by atoms with E-state index in [-0.39, 0.29) is 12.5 Å². The van der Waals surface area contributed by atoms with Crippen molar-refractivity contribution in [3.8, 4) is 11.8 Å². The van der Waals surface area contributed by atoms with Gasteiger partial charge in [-0.15, -0.1) is 0 Å². The Morgan fingerprint density at radius 3 is 2.79 bits per heavy atom. The number of nitrogens with zero attached hydrogens (tertiary/aromatic N) is 1. The highest BCUT2D eigenvalue weighted by Crippen LogP contribution is 2.15. The van der Waals surface area contributed by atoms with Gasteiger partial charge in [-0.2, -0.15) is 11.8 Å².